The van der Waals surface area contributed by atoms with Crippen LogP contribution in [-0.2, 0) is 9.53 Å². The molecule has 0 fully saturated rings. The quantitative estimate of drug-likeness (QED) is 0.339. The van der Waals surface area contributed by atoms with Crippen molar-refractivity contribution in [3.8, 4) is 0 Å². The van der Waals surface area contributed by atoms with Gasteiger partial charge in [0.2, 0.25) is 0 Å². The van der Waals surface area contributed by atoms with Crippen molar-refractivity contribution in [3.05, 3.63) is 12.2 Å². The Morgan fingerprint density at radius 1 is 1.46 bits per heavy atom. The summed E-state index contributed by atoms with van der Waals surface area (Å²) in [6.07, 6.45) is 1.58. The first kappa shape index (κ1) is 12.6. The molecule has 0 aromatic heterocycles. The number of carbonyl (C=O) groups excluding carboxylic acids is 1. The number of Topliss-reactive ketones (excluding diaryl/α,β-unsaturated/α-hetero) is 1. The zero-order chi connectivity index (χ0) is 10.1. The van der Waals surface area contributed by atoms with Gasteiger partial charge in [0.1, 0.15) is 0 Å². The highest BCUT2D eigenvalue weighted by atomic mass is 28.2. The summed E-state index contributed by atoms with van der Waals surface area (Å²) in [5, 5.41) is 0. The lowest BCUT2D eigenvalue weighted by molar-refractivity contribution is -0.116. The van der Waals surface area contributed by atoms with Crippen LogP contribution in [0.2, 0.25) is 12.6 Å². The molecule has 2 radical (unpaired) electrons. The molecular formula is C10H18O2Si. The van der Waals surface area contributed by atoms with E-state index in [9.17, 15) is 4.79 Å². The second-order valence-corrected chi connectivity index (χ2v) is 4.23. The molecule has 0 aromatic rings. The molecule has 3 heteroatoms. The number of hydrogen-bond donors (Lipinski definition) is 0. The minimum atomic E-state index is 0.109. The molecule has 0 rings (SSSR count). The minimum absolute atomic E-state index is 0.109. The third-order valence-corrected chi connectivity index (χ3v) is 2.52. The van der Waals surface area contributed by atoms with Crippen molar-refractivity contribution in [2.24, 2.45) is 0 Å². The van der Waals surface area contributed by atoms with Gasteiger partial charge in [-0.2, -0.15) is 0 Å². The highest BCUT2D eigenvalue weighted by molar-refractivity contribution is 6.33. The van der Waals surface area contributed by atoms with E-state index in [4.69, 9.17) is 4.74 Å². The van der Waals surface area contributed by atoms with E-state index in [0.717, 1.165) is 22.5 Å². The molecule has 0 atom stereocenters. The maximum atomic E-state index is 11.1. The Bertz CT molecular complexity index is 166. The van der Waals surface area contributed by atoms with Gasteiger partial charge in [0, 0.05) is 22.5 Å². The zero-order valence-electron chi connectivity index (χ0n) is 8.56. The Balaban J connectivity index is 3.16. The molecule has 0 saturated carbocycles. The summed E-state index contributed by atoms with van der Waals surface area (Å²) >= 11 is 0. The van der Waals surface area contributed by atoms with Crippen LogP contribution in [0.5, 0.6) is 0 Å². The van der Waals surface area contributed by atoms with Crippen LogP contribution < -0.4 is 0 Å². The van der Waals surface area contributed by atoms with Crippen LogP contribution >= 0.6 is 0 Å². The molecule has 0 aliphatic rings. The van der Waals surface area contributed by atoms with E-state index in [1.165, 1.54) is 6.04 Å². The van der Waals surface area contributed by atoms with Gasteiger partial charge >= 0.3 is 0 Å². The lowest BCUT2D eigenvalue weighted by atomic mass is 10.2. The number of hydrogen-bond acceptors (Lipinski definition) is 2. The first-order valence-corrected chi connectivity index (χ1v) is 6.30. The van der Waals surface area contributed by atoms with Gasteiger partial charge in [-0.3, -0.25) is 4.79 Å². The lowest BCUT2D eigenvalue weighted by Crippen LogP contribution is -2.05. The predicted octanol–water partition coefficient (Wildman–Crippen LogP) is 2.10. The van der Waals surface area contributed by atoms with Gasteiger partial charge in [-0.25, -0.2) is 0 Å². The van der Waals surface area contributed by atoms with Crippen LogP contribution in [0.25, 0.3) is 0 Å². The highest BCUT2D eigenvalue weighted by Gasteiger charge is 2.00. The Kier molecular flexibility index (Phi) is 7.94. The van der Waals surface area contributed by atoms with E-state index in [1.54, 1.807) is 6.92 Å². The summed E-state index contributed by atoms with van der Waals surface area (Å²) in [4.78, 5) is 11.1. The van der Waals surface area contributed by atoms with Crippen molar-refractivity contribution >= 4 is 15.3 Å². The van der Waals surface area contributed by atoms with Gasteiger partial charge in [0.15, 0.2) is 5.78 Å². The first-order valence-electron chi connectivity index (χ1n) is 4.59. The third kappa shape index (κ3) is 7.93. The Morgan fingerprint density at radius 2 is 2.15 bits per heavy atom. The fraction of sp³-hybridized carbons (Fsp3) is 0.700. The van der Waals surface area contributed by atoms with Crippen molar-refractivity contribution in [1.82, 2.24) is 0 Å². The van der Waals surface area contributed by atoms with Crippen molar-refractivity contribution in [2.75, 3.05) is 13.2 Å². The van der Waals surface area contributed by atoms with Gasteiger partial charge in [-0.1, -0.05) is 19.2 Å². The topological polar surface area (TPSA) is 26.3 Å². The SMILES string of the molecule is C=C(C)C(=O)CCOCCC[Si]C. The Hall–Kier alpha value is -0.413. The molecule has 0 aliphatic heterocycles. The highest BCUT2D eigenvalue weighted by Crippen LogP contribution is 1.96. The first-order chi connectivity index (χ1) is 6.18. The van der Waals surface area contributed by atoms with Gasteiger partial charge < -0.3 is 4.74 Å². The van der Waals surface area contributed by atoms with E-state index in [-0.39, 0.29) is 5.78 Å². The number of carbonyl (C=O) groups is 1. The molecule has 2 nitrogen and oxygen atoms in total. The predicted molar refractivity (Wildman–Crippen MR) is 56.3 cm³/mol. The second kappa shape index (κ2) is 8.20. The van der Waals surface area contributed by atoms with Gasteiger partial charge in [0.25, 0.3) is 0 Å². The Labute approximate surface area is 83.2 Å². The summed E-state index contributed by atoms with van der Waals surface area (Å²) in [6, 6.07) is 1.23. The van der Waals surface area contributed by atoms with E-state index in [1.807, 2.05) is 0 Å². The maximum absolute atomic E-state index is 11.1. The number of rotatable bonds is 8. The largest absolute Gasteiger partial charge is 0.381 e. The van der Waals surface area contributed by atoms with Crippen molar-refractivity contribution in [2.45, 2.75) is 32.4 Å². The van der Waals surface area contributed by atoms with Crippen molar-refractivity contribution in [1.29, 1.82) is 0 Å². The van der Waals surface area contributed by atoms with E-state index < -0.39 is 0 Å². The van der Waals surface area contributed by atoms with Gasteiger partial charge in [-0.15, -0.1) is 0 Å². The standard InChI is InChI=1S/C10H18O2Si/c1-9(2)10(11)5-7-12-6-4-8-13-3/h1,4-8H2,2-3H3. The molecule has 13 heavy (non-hydrogen) atoms. The van der Waals surface area contributed by atoms with E-state index in [0.29, 0.717) is 18.6 Å². The number of ether oxygens (including phenoxy) is 1. The fourth-order valence-corrected chi connectivity index (χ4v) is 1.33. The fourth-order valence-electron chi connectivity index (χ4n) is 0.831. The van der Waals surface area contributed by atoms with Crippen LogP contribution in [-0.4, -0.2) is 28.5 Å². The summed E-state index contributed by atoms with van der Waals surface area (Å²) in [5.41, 5.74) is 0.624. The maximum Gasteiger partial charge on any atom is 0.160 e. The normalized spacial score (nSPS) is 10.0. The molecule has 0 bridgehead atoms. The van der Waals surface area contributed by atoms with Crippen LogP contribution in [0.1, 0.15) is 19.8 Å². The average molecular weight is 198 g/mol. The number of allylic oxidation sites excluding steroid dienone is 1. The smallest absolute Gasteiger partial charge is 0.160 e. The van der Waals surface area contributed by atoms with Crippen LogP contribution in [0.4, 0.5) is 0 Å². The van der Waals surface area contributed by atoms with Crippen LogP contribution in [0.3, 0.4) is 0 Å². The molecule has 0 amide bonds. The lowest BCUT2D eigenvalue weighted by Gasteiger charge is -2.02. The van der Waals surface area contributed by atoms with Gasteiger partial charge in [0.05, 0.1) is 6.61 Å². The second-order valence-electron chi connectivity index (χ2n) is 3.02. The van der Waals surface area contributed by atoms with E-state index >= 15 is 0 Å². The molecule has 0 saturated heterocycles. The summed E-state index contributed by atoms with van der Waals surface area (Å²) in [5.74, 6) is 0.109. The van der Waals surface area contributed by atoms with Crippen molar-refractivity contribution < 1.29 is 9.53 Å². The molecule has 0 aromatic carbocycles. The zero-order valence-corrected chi connectivity index (χ0v) is 9.56. The molecule has 0 N–H and O–H groups in total. The van der Waals surface area contributed by atoms with Crippen LogP contribution in [0.15, 0.2) is 12.2 Å². The molecular weight excluding hydrogens is 180 g/mol. The third-order valence-electron chi connectivity index (χ3n) is 1.66. The molecule has 0 unspecified atom stereocenters. The molecule has 0 spiro atoms. The van der Waals surface area contributed by atoms with Gasteiger partial charge in [-0.05, 0) is 18.9 Å². The summed E-state index contributed by atoms with van der Waals surface area (Å²) < 4.78 is 5.30. The average Bonchev–Trinajstić information content (AvgIpc) is 2.10. The monoisotopic (exact) mass is 198 g/mol. The number of ketones is 1. The molecule has 74 valence electrons. The molecule has 0 aliphatic carbocycles. The van der Waals surface area contributed by atoms with Crippen LogP contribution in [0, 0.1) is 0 Å². The Morgan fingerprint density at radius 3 is 2.69 bits per heavy atom. The summed E-state index contributed by atoms with van der Waals surface area (Å²) in [7, 11) is 1.000. The van der Waals surface area contributed by atoms with Crippen molar-refractivity contribution in [3.63, 3.8) is 0 Å². The minimum Gasteiger partial charge on any atom is -0.381 e. The summed E-state index contributed by atoms with van der Waals surface area (Å²) in [6.45, 7) is 8.82. The van der Waals surface area contributed by atoms with E-state index in [2.05, 4.69) is 13.1 Å². The molecule has 0 heterocycles.